The molecule has 0 rings (SSSR count). The topological polar surface area (TPSA) is 75.4 Å². The number of amides is 1. The Kier molecular flexibility index (Phi) is 6.72. The van der Waals surface area contributed by atoms with Crippen LogP contribution in [0.1, 0.15) is 53.4 Å². The number of carbonyl (C=O) groups excluding carboxylic acids is 1. The number of carbonyl (C=O) groups is 1. The lowest BCUT2D eigenvalue weighted by Crippen LogP contribution is -2.44. The van der Waals surface area contributed by atoms with Crippen molar-refractivity contribution in [2.45, 2.75) is 58.9 Å². The predicted octanol–water partition coefficient (Wildman–Crippen LogP) is 1.42. The first-order valence-corrected chi connectivity index (χ1v) is 6.34. The number of nitrogens with one attached hydrogen (secondary N) is 1. The highest BCUT2D eigenvalue weighted by molar-refractivity contribution is 5.76. The van der Waals surface area contributed by atoms with Crippen LogP contribution in [0.4, 0.5) is 0 Å². The minimum absolute atomic E-state index is 0.0496. The van der Waals surface area contributed by atoms with Gasteiger partial charge in [0.2, 0.25) is 5.91 Å². The Bertz CT molecular complexity index is 238. The molecule has 0 aliphatic carbocycles. The maximum atomic E-state index is 11.8. The molecule has 4 heteroatoms. The van der Waals surface area contributed by atoms with Crippen molar-refractivity contribution in [2.24, 2.45) is 11.1 Å². The van der Waals surface area contributed by atoms with Crippen molar-refractivity contribution in [2.75, 3.05) is 13.2 Å². The first-order chi connectivity index (χ1) is 7.72. The summed E-state index contributed by atoms with van der Waals surface area (Å²) in [7, 11) is 0. The number of rotatable bonds is 8. The minimum Gasteiger partial charge on any atom is -0.396 e. The van der Waals surface area contributed by atoms with Crippen molar-refractivity contribution in [3.63, 3.8) is 0 Å². The monoisotopic (exact) mass is 244 g/mol. The molecule has 0 saturated carbocycles. The van der Waals surface area contributed by atoms with E-state index in [4.69, 9.17) is 10.8 Å². The van der Waals surface area contributed by atoms with Crippen LogP contribution in [-0.4, -0.2) is 29.7 Å². The molecular formula is C13H28N2O2. The smallest absolute Gasteiger partial charge is 0.220 e. The second kappa shape index (κ2) is 6.97. The van der Waals surface area contributed by atoms with Crippen molar-refractivity contribution in [3.05, 3.63) is 0 Å². The molecule has 0 aromatic rings. The maximum absolute atomic E-state index is 11.8. The van der Waals surface area contributed by atoms with Gasteiger partial charge in [-0.15, -0.1) is 0 Å². The van der Waals surface area contributed by atoms with Crippen molar-refractivity contribution in [1.29, 1.82) is 0 Å². The van der Waals surface area contributed by atoms with Crippen molar-refractivity contribution in [1.82, 2.24) is 5.32 Å². The minimum atomic E-state index is -0.330. The van der Waals surface area contributed by atoms with Crippen LogP contribution < -0.4 is 11.1 Å². The van der Waals surface area contributed by atoms with Crippen LogP contribution in [0.15, 0.2) is 0 Å². The maximum Gasteiger partial charge on any atom is 0.220 e. The van der Waals surface area contributed by atoms with E-state index >= 15 is 0 Å². The highest BCUT2D eigenvalue weighted by Crippen LogP contribution is 2.25. The molecule has 0 aliphatic rings. The molecule has 0 aromatic carbocycles. The Morgan fingerprint density at radius 2 is 1.76 bits per heavy atom. The average Bonchev–Trinajstić information content (AvgIpc) is 2.14. The van der Waals surface area contributed by atoms with Gasteiger partial charge < -0.3 is 16.2 Å². The zero-order valence-corrected chi connectivity index (χ0v) is 11.7. The summed E-state index contributed by atoms with van der Waals surface area (Å²) in [5.41, 5.74) is 5.32. The Labute approximate surface area is 105 Å². The summed E-state index contributed by atoms with van der Waals surface area (Å²) in [5.74, 6) is 0.0496. The van der Waals surface area contributed by atoms with Crippen LogP contribution in [0.2, 0.25) is 0 Å². The Morgan fingerprint density at radius 3 is 2.24 bits per heavy atom. The van der Waals surface area contributed by atoms with E-state index in [-0.39, 0.29) is 23.5 Å². The molecule has 0 aliphatic heterocycles. The standard InChI is InChI=1S/C13H28N2O2/c1-12(2,7-9-14)6-5-11(17)15-13(3,4)8-10-16/h16H,5-10,14H2,1-4H3,(H,15,17). The Balaban J connectivity index is 4.03. The van der Waals surface area contributed by atoms with Crippen LogP contribution in [-0.2, 0) is 4.79 Å². The van der Waals surface area contributed by atoms with E-state index in [1.54, 1.807) is 0 Å². The second-order valence-electron chi connectivity index (χ2n) is 6.11. The van der Waals surface area contributed by atoms with Gasteiger partial charge in [-0.2, -0.15) is 0 Å². The molecule has 0 saturated heterocycles. The lowest BCUT2D eigenvalue weighted by molar-refractivity contribution is -0.123. The van der Waals surface area contributed by atoms with Crippen molar-refractivity contribution >= 4 is 5.91 Å². The summed E-state index contributed by atoms with van der Waals surface area (Å²) in [4.78, 5) is 11.8. The molecule has 102 valence electrons. The number of hydrogen-bond acceptors (Lipinski definition) is 3. The van der Waals surface area contributed by atoms with Gasteiger partial charge in [-0.3, -0.25) is 4.79 Å². The van der Waals surface area contributed by atoms with Gasteiger partial charge in [0.25, 0.3) is 0 Å². The van der Waals surface area contributed by atoms with E-state index in [1.807, 2.05) is 13.8 Å². The van der Waals surface area contributed by atoms with Crippen LogP contribution in [0, 0.1) is 5.41 Å². The van der Waals surface area contributed by atoms with Crippen LogP contribution in [0.25, 0.3) is 0 Å². The quantitative estimate of drug-likeness (QED) is 0.604. The second-order valence-corrected chi connectivity index (χ2v) is 6.11. The number of hydrogen-bond donors (Lipinski definition) is 3. The molecule has 17 heavy (non-hydrogen) atoms. The fourth-order valence-corrected chi connectivity index (χ4v) is 1.75. The van der Waals surface area contributed by atoms with Gasteiger partial charge in [0.15, 0.2) is 0 Å². The fourth-order valence-electron chi connectivity index (χ4n) is 1.75. The molecule has 0 atom stereocenters. The molecule has 0 radical (unpaired) electrons. The van der Waals surface area contributed by atoms with Crippen LogP contribution in [0.5, 0.6) is 0 Å². The average molecular weight is 244 g/mol. The van der Waals surface area contributed by atoms with Gasteiger partial charge in [0.1, 0.15) is 0 Å². The summed E-state index contributed by atoms with van der Waals surface area (Å²) < 4.78 is 0. The third-order valence-electron chi connectivity index (χ3n) is 3.06. The first kappa shape index (κ1) is 16.4. The Morgan fingerprint density at radius 1 is 1.18 bits per heavy atom. The molecule has 0 unspecified atom stereocenters. The van der Waals surface area contributed by atoms with Crippen molar-refractivity contribution < 1.29 is 9.90 Å². The molecule has 4 nitrogen and oxygen atoms in total. The van der Waals surface area contributed by atoms with Gasteiger partial charge in [-0.05, 0) is 45.1 Å². The summed E-state index contributed by atoms with van der Waals surface area (Å²) >= 11 is 0. The number of aliphatic hydroxyl groups is 1. The lowest BCUT2D eigenvalue weighted by Gasteiger charge is -2.27. The van der Waals surface area contributed by atoms with Crippen LogP contribution in [0.3, 0.4) is 0 Å². The van der Waals surface area contributed by atoms with Crippen molar-refractivity contribution in [3.8, 4) is 0 Å². The van der Waals surface area contributed by atoms with Gasteiger partial charge in [0.05, 0.1) is 0 Å². The van der Waals surface area contributed by atoms with E-state index in [9.17, 15) is 4.79 Å². The first-order valence-electron chi connectivity index (χ1n) is 6.34. The Hall–Kier alpha value is -0.610. The van der Waals surface area contributed by atoms with Crippen LogP contribution >= 0.6 is 0 Å². The molecule has 0 heterocycles. The molecular weight excluding hydrogens is 216 g/mol. The van der Waals surface area contributed by atoms with E-state index in [0.29, 0.717) is 19.4 Å². The van der Waals surface area contributed by atoms with E-state index < -0.39 is 0 Å². The zero-order valence-electron chi connectivity index (χ0n) is 11.7. The van der Waals surface area contributed by atoms with E-state index in [2.05, 4.69) is 19.2 Å². The van der Waals surface area contributed by atoms with Gasteiger partial charge in [0, 0.05) is 18.6 Å². The SMILES string of the molecule is CC(C)(CCN)CCC(=O)NC(C)(C)CCO. The molecule has 0 bridgehead atoms. The number of aliphatic hydroxyl groups excluding tert-OH is 1. The lowest BCUT2D eigenvalue weighted by atomic mass is 9.84. The molecule has 0 aromatic heterocycles. The van der Waals surface area contributed by atoms with Gasteiger partial charge >= 0.3 is 0 Å². The molecule has 1 amide bonds. The largest absolute Gasteiger partial charge is 0.396 e. The molecule has 0 spiro atoms. The highest BCUT2D eigenvalue weighted by Gasteiger charge is 2.22. The third-order valence-corrected chi connectivity index (χ3v) is 3.06. The number of nitrogens with two attached hydrogens (primary N) is 1. The fraction of sp³-hybridized carbons (Fsp3) is 0.923. The third kappa shape index (κ3) is 8.16. The van der Waals surface area contributed by atoms with E-state index in [0.717, 1.165) is 12.8 Å². The molecule has 4 N–H and O–H groups in total. The molecule has 0 fully saturated rings. The summed E-state index contributed by atoms with van der Waals surface area (Å²) in [6.07, 6.45) is 2.86. The summed E-state index contributed by atoms with van der Waals surface area (Å²) in [5, 5.41) is 11.8. The zero-order chi connectivity index (χ0) is 13.5. The predicted molar refractivity (Wildman–Crippen MR) is 70.6 cm³/mol. The highest BCUT2D eigenvalue weighted by atomic mass is 16.3. The summed E-state index contributed by atoms with van der Waals surface area (Å²) in [6.45, 7) is 8.85. The van der Waals surface area contributed by atoms with E-state index in [1.165, 1.54) is 0 Å². The van der Waals surface area contributed by atoms with Gasteiger partial charge in [-0.25, -0.2) is 0 Å². The summed E-state index contributed by atoms with van der Waals surface area (Å²) in [6, 6.07) is 0. The van der Waals surface area contributed by atoms with Gasteiger partial charge in [-0.1, -0.05) is 13.8 Å². The normalized spacial score (nSPS) is 12.6.